The summed E-state index contributed by atoms with van der Waals surface area (Å²) in [4.78, 5) is 33.9. The molecular weight excluding hydrogens is 482 g/mol. The van der Waals surface area contributed by atoms with Crippen LogP contribution in [0.15, 0.2) is 29.4 Å². The SMILES string of the molecule is CCOC(=O)CSCCOc1cccc(-c2nc(SC)nc3sc(C(=O)OCC)c(N)c23)c1. The molecule has 33 heavy (non-hydrogen) atoms. The van der Waals surface area contributed by atoms with Gasteiger partial charge in [0.2, 0.25) is 0 Å². The van der Waals surface area contributed by atoms with Crippen molar-refractivity contribution in [2.45, 2.75) is 19.0 Å². The normalized spacial score (nSPS) is 10.9. The van der Waals surface area contributed by atoms with Crippen LogP contribution in [0.25, 0.3) is 21.5 Å². The van der Waals surface area contributed by atoms with Gasteiger partial charge in [-0.25, -0.2) is 14.8 Å². The average molecular weight is 508 g/mol. The quantitative estimate of drug-likeness (QED) is 0.172. The molecule has 0 aliphatic carbocycles. The Morgan fingerprint density at radius 2 is 1.94 bits per heavy atom. The second-order valence-electron chi connectivity index (χ2n) is 6.54. The first-order chi connectivity index (χ1) is 16.0. The van der Waals surface area contributed by atoms with Crippen molar-refractivity contribution in [1.82, 2.24) is 9.97 Å². The van der Waals surface area contributed by atoms with Gasteiger partial charge in [0.15, 0.2) is 5.16 Å². The van der Waals surface area contributed by atoms with Crippen LogP contribution in [0, 0.1) is 0 Å². The standard InChI is InChI=1S/C22H25N3O5S3/c1-4-28-15(26)12-32-10-9-30-14-8-6-7-13(11-14)18-16-17(23)19(21(27)29-5-2)33-20(16)25-22(24-18)31-3/h6-8,11H,4-5,9-10,12,23H2,1-3H3. The van der Waals surface area contributed by atoms with E-state index < -0.39 is 5.97 Å². The van der Waals surface area contributed by atoms with Crippen LogP contribution in [-0.4, -0.2) is 59.5 Å². The molecule has 3 rings (SSSR count). The predicted octanol–water partition coefficient (Wildman–Crippen LogP) is 4.51. The zero-order valence-corrected chi connectivity index (χ0v) is 21.0. The van der Waals surface area contributed by atoms with Gasteiger partial charge < -0.3 is 19.9 Å². The zero-order valence-electron chi connectivity index (χ0n) is 18.6. The van der Waals surface area contributed by atoms with Crippen molar-refractivity contribution < 1.29 is 23.8 Å². The predicted molar refractivity (Wildman–Crippen MR) is 134 cm³/mol. The zero-order chi connectivity index (χ0) is 23.8. The molecule has 1 aromatic carbocycles. The number of carbonyl (C=O) groups is 2. The lowest BCUT2D eigenvalue weighted by Crippen LogP contribution is -2.09. The van der Waals surface area contributed by atoms with Crippen molar-refractivity contribution in [3.05, 3.63) is 29.1 Å². The molecule has 2 heterocycles. The number of nitrogens with two attached hydrogens (primary N) is 1. The summed E-state index contributed by atoms with van der Waals surface area (Å²) in [6.45, 7) is 4.62. The molecule has 0 saturated carbocycles. The summed E-state index contributed by atoms with van der Waals surface area (Å²) in [5.41, 5.74) is 8.10. The first-order valence-electron chi connectivity index (χ1n) is 10.3. The number of nitrogens with zero attached hydrogens (tertiary/aromatic N) is 2. The van der Waals surface area contributed by atoms with Crippen LogP contribution in [0.4, 0.5) is 5.69 Å². The number of thioether (sulfide) groups is 2. The van der Waals surface area contributed by atoms with Crippen LogP contribution in [0.3, 0.4) is 0 Å². The van der Waals surface area contributed by atoms with Crippen LogP contribution in [0.2, 0.25) is 0 Å². The van der Waals surface area contributed by atoms with Gasteiger partial charge in [-0.05, 0) is 32.2 Å². The maximum absolute atomic E-state index is 12.3. The van der Waals surface area contributed by atoms with E-state index in [1.54, 1.807) is 13.8 Å². The van der Waals surface area contributed by atoms with Crippen molar-refractivity contribution in [2.24, 2.45) is 0 Å². The van der Waals surface area contributed by atoms with E-state index in [0.717, 1.165) is 5.56 Å². The molecule has 8 nitrogen and oxygen atoms in total. The molecule has 0 aliphatic heterocycles. The number of esters is 2. The van der Waals surface area contributed by atoms with Gasteiger partial charge in [-0.2, -0.15) is 0 Å². The minimum Gasteiger partial charge on any atom is -0.493 e. The number of anilines is 1. The smallest absolute Gasteiger partial charge is 0.350 e. The fourth-order valence-electron chi connectivity index (χ4n) is 2.96. The molecule has 0 saturated heterocycles. The maximum Gasteiger partial charge on any atom is 0.350 e. The number of thiophene rings is 1. The fraction of sp³-hybridized carbons (Fsp3) is 0.364. The summed E-state index contributed by atoms with van der Waals surface area (Å²) in [5, 5.41) is 1.21. The highest BCUT2D eigenvalue weighted by Gasteiger charge is 2.23. The molecule has 11 heteroatoms. The van der Waals surface area contributed by atoms with Crippen LogP contribution < -0.4 is 10.5 Å². The second-order valence-corrected chi connectivity index (χ2v) is 9.42. The van der Waals surface area contributed by atoms with E-state index in [2.05, 4.69) is 9.97 Å². The van der Waals surface area contributed by atoms with E-state index in [-0.39, 0.29) is 12.6 Å². The number of hydrogen-bond acceptors (Lipinski definition) is 11. The number of nitrogen functional groups attached to an aromatic ring is 1. The Bertz CT molecular complexity index is 1140. The van der Waals surface area contributed by atoms with E-state index >= 15 is 0 Å². The average Bonchev–Trinajstić information content (AvgIpc) is 3.15. The summed E-state index contributed by atoms with van der Waals surface area (Å²) in [6, 6.07) is 7.52. The molecule has 176 valence electrons. The van der Waals surface area contributed by atoms with Crippen LogP contribution >= 0.6 is 34.9 Å². The third-order valence-electron chi connectivity index (χ3n) is 4.34. The number of hydrogen-bond donors (Lipinski definition) is 1. The molecule has 0 bridgehead atoms. The number of carbonyl (C=O) groups excluding carboxylic acids is 2. The molecule has 0 fully saturated rings. The Kier molecular flexibility index (Phi) is 9.21. The van der Waals surface area contributed by atoms with Crippen molar-refractivity contribution >= 4 is 62.7 Å². The van der Waals surface area contributed by atoms with Crippen LogP contribution in [-0.2, 0) is 14.3 Å². The summed E-state index contributed by atoms with van der Waals surface area (Å²) in [6.07, 6.45) is 1.89. The lowest BCUT2D eigenvalue weighted by atomic mass is 10.1. The van der Waals surface area contributed by atoms with E-state index in [1.165, 1.54) is 34.9 Å². The number of benzene rings is 1. The first kappa shape index (κ1) is 25.1. The monoisotopic (exact) mass is 507 g/mol. The molecule has 0 spiro atoms. The van der Waals surface area contributed by atoms with E-state index in [9.17, 15) is 9.59 Å². The highest BCUT2D eigenvalue weighted by molar-refractivity contribution is 7.99. The number of fused-ring (bicyclic) bond motifs is 1. The van der Waals surface area contributed by atoms with Crippen molar-refractivity contribution in [3.8, 4) is 17.0 Å². The lowest BCUT2D eigenvalue weighted by molar-refractivity contribution is -0.139. The number of ether oxygens (including phenoxy) is 3. The molecule has 0 radical (unpaired) electrons. The van der Waals surface area contributed by atoms with Gasteiger partial charge in [0.1, 0.15) is 15.5 Å². The van der Waals surface area contributed by atoms with Gasteiger partial charge in [-0.3, -0.25) is 4.79 Å². The van der Waals surface area contributed by atoms with E-state index in [1.807, 2.05) is 30.5 Å². The van der Waals surface area contributed by atoms with E-state index in [4.69, 9.17) is 19.9 Å². The molecular formula is C22H25N3O5S3. The molecule has 0 aliphatic rings. The van der Waals surface area contributed by atoms with Crippen molar-refractivity contribution in [3.63, 3.8) is 0 Å². The Labute approximate surface area is 204 Å². The Morgan fingerprint density at radius 3 is 2.67 bits per heavy atom. The van der Waals surface area contributed by atoms with Gasteiger partial charge in [0, 0.05) is 11.3 Å². The van der Waals surface area contributed by atoms with E-state index in [0.29, 0.717) is 62.1 Å². The minimum absolute atomic E-state index is 0.225. The fourth-order valence-corrected chi connectivity index (χ4v) is 4.97. The summed E-state index contributed by atoms with van der Waals surface area (Å²) < 4.78 is 15.9. The summed E-state index contributed by atoms with van der Waals surface area (Å²) in [5.74, 6) is 0.927. The molecule has 3 aromatic rings. The second kappa shape index (κ2) is 12.1. The van der Waals surface area contributed by atoms with Gasteiger partial charge >= 0.3 is 11.9 Å². The largest absolute Gasteiger partial charge is 0.493 e. The number of aromatic nitrogens is 2. The Hall–Kier alpha value is -2.50. The molecule has 2 N–H and O–H groups in total. The Morgan fingerprint density at radius 1 is 1.15 bits per heavy atom. The third kappa shape index (κ3) is 6.30. The number of rotatable bonds is 11. The van der Waals surface area contributed by atoms with Gasteiger partial charge in [-0.1, -0.05) is 23.9 Å². The molecule has 0 amide bonds. The topological polar surface area (TPSA) is 114 Å². The van der Waals surface area contributed by atoms with Crippen LogP contribution in [0.1, 0.15) is 23.5 Å². The Balaban J connectivity index is 1.83. The van der Waals surface area contributed by atoms with Gasteiger partial charge in [0.25, 0.3) is 0 Å². The summed E-state index contributed by atoms with van der Waals surface area (Å²) >= 11 is 4.07. The van der Waals surface area contributed by atoms with Crippen molar-refractivity contribution in [1.29, 1.82) is 0 Å². The summed E-state index contributed by atoms with van der Waals surface area (Å²) in [7, 11) is 0. The minimum atomic E-state index is -0.466. The maximum atomic E-state index is 12.3. The molecule has 0 atom stereocenters. The highest BCUT2D eigenvalue weighted by atomic mass is 32.2. The lowest BCUT2D eigenvalue weighted by Gasteiger charge is -2.10. The molecule has 2 aromatic heterocycles. The van der Waals surface area contributed by atoms with Gasteiger partial charge in [0.05, 0.1) is 42.3 Å². The van der Waals surface area contributed by atoms with Crippen molar-refractivity contribution in [2.75, 3.05) is 43.3 Å². The molecule has 0 unspecified atom stereocenters. The third-order valence-corrected chi connectivity index (χ3v) is 6.86. The highest BCUT2D eigenvalue weighted by Crippen LogP contribution is 2.40. The first-order valence-corrected chi connectivity index (χ1v) is 13.5. The van der Waals surface area contributed by atoms with Gasteiger partial charge in [-0.15, -0.1) is 23.1 Å². The van der Waals surface area contributed by atoms with Crippen LogP contribution in [0.5, 0.6) is 5.75 Å².